The van der Waals surface area contributed by atoms with Crippen LogP contribution in [0.3, 0.4) is 0 Å². The molecule has 1 aliphatic rings. The van der Waals surface area contributed by atoms with Crippen molar-refractivity contribution in [2.45, 2.75) is 6.42 Å². The molecule has 1 heterocycles. The van der Waals surface area contributed by atoms with Crippen LogP contribution in [0.5, 0.6) is 0 Å². The molecule has 0 aliphatic carbocycles. The number of fused-ring (bicyclic) bond motifs is 1. The SMILES string of the molecule is O=C(Cc1cccc2ccccc12)NCC(=O)N1CCN(c2ccccc2F)CC1. The molecule has 0 atom stereocenters. The number of nitrogens with one attached hydrogen (secondary N) is 1. The van der Waals surface area contributed by atoms with Crippen LogP contribution in [-0.2, 0) is 16.0 Å². The van der Waals surface area contributed by atoms with Gasteiger partial charge in [-0.25, -0.2) is 4.39 Å². The molecular formula is C24H24FN3O2. The minimum absolute atomic E-state index is 0.0245. The molecule has 154 valence electrons. The molecule has 3 aromatic rings. The van der Waals surface area contributed by atoms with Crippen LogP contribution in [0.25, 0.3) is 10.8 Å². The molecular weight excluding hydrogens is 381 g/mol. The van der Waals surface area contributed by atoms with E-state index in [1.807, 2.05) is 47.4 Å². The summed E-state index contributed by atoms with van der Waals surface area (Å²) in [5.41, 5.74) is 1.50. The minimum atomic E-state index is -0.252. The Hall–Kier alpha value is -3.41. The molecule has 30 heavy (non-hydrogen) atoms. The van der Waals surface area contributed by atoms with E-state index in [1.165, 1.54) is 6.07 Å². The largest absolute Gasteiger partial charge is 0.366 e. The fraction of sp³-hybridized carbons (Fsp3) is 0.250. The highest BCUT2D eigenvalue weighted by Gasteiger charge is 2.22. The van der Waals surface area contributed by atoms with Gasteiger partial charge in [0, 0.05) is 26.2 Å². The van der Waals surface area contributed by atoms with Crippen LogP contribution in [-0.4, -0.2) is 49.4 Å². The molecule has 5 nitrogen and oxygen atoms in total. The van der Waals surface area contributed by atoms with Gasteiger partial charge in [-0.15, -0.1) is 0 Å². The number of halogens is 1. The molecule has 2 amide bonds. The molecule has 0 spiro atoms. The summed E-state index contributed by atoms with van der Waals surface area (Å²) >= 11 is 0. The van der Waals surface area contributed by atoms with Gasteiger partial charge in [0.25, 0.3) is 0 Å². The van der Waals surface area contributed by atoms with E-state index in [4.69, 9.17) is 0 Å². The lowest BCUT2D eigenvalue weighted by Crippen LogP contribution is -2.51. The standard InChI is InChI=1S/C24H24FN3O2/c25-21-10-3-4-11-22(21)27-12-14-28(15-13-27)24(30)17-26-23(29)16-19-8-5-7-18-6-1-2-9-20(18)19/h1-11H,12-17H2,(H,26,29). The zero-order valence-corrected chi connectivity index (χ0v) is 16.7. The second kappa shape index (κ2) is 8.95. The Kier molecular flexibility index (Phi) is 5.93. The molecule has 0 bridgehead atoms. The van der Waals surface area contributed by atoms with E-state index < -0.39 is 0 Å². The van der Waals surface area contributed by atoms with Crippen LogP contribution in [0.4, 0.5) is 10.1 Å². The van der Waals surface area contributed by atoms with Crippen molar-refractivity contribution in [3.05, 3.63) is 78.1 Å². The van der Waals surface area contributed by atoms with Crippen molar-refractivity contribution in [3.63, 3.8) is 0 Å². The van der Waals surface area contributed by atoms with Crippen LogP contribution in [0.15, 0.2) is 66.7 Å². The Morgan fingerprint density at radius 3 is 2.37 bits per heavy atom. The van der Waals surface area contributed by atoms with E-state index >= 15 is 0 Å². The van der Waals surface area contributed by atoms with Crippen molar-refractivity contribution in [1.29, 1.82) is 0 Å². The first-order chi connectivity index (χ1) is 14.6. The van der Waals surface area contributed by atoms with Gasteiger partial charge in [0.15, 0.2) is 0 Å². The topological polar surface area (TPSA) is 52.7 Å². The number of rotatable bonds is 5. The van der Waals surface area contributed by atoms with E-state index in [1.54, 1.807) is 23.1 Å². The average Bonchev–Trinajstić information content (AvgIpc) is 2.78. The lowest BCUT2D eigenvalue weighted by Gasteiger charge is -2.36. The van der Waals surface area contributed by atoms with E-state index in [9.17, 15) is 14.0 Å². The van der Waals surface area contributed by atoms with Gasteiger partial charge in [-0.3, -0.25) is 9.59 Å². The van der Waals surface area contributed by atoms with Gasteiger partial charge in [-0.2, -0.15) is 0 Å². The Balaban J connectivity index is 1.28. The van der Waals surface area contributed by atoms with Crippen LogP contribution in [0, 0.1) is 5.82 Å². The van der Waals surface area contributed by atoms with E-state index in [0.29, 0.717) is 31.9 Å². The monoisotopic (exact) mass is 405 g/mol. The third-order valence-corrected chi connectivity index (χ3v) is 5.49. The highest BCUT2D eigenvalue weighted by atomic mass is 19.1. The van der Waals surface area contributed by atoms with Gasteiger partial charge < -0.3 is 15.1 Å². The molecule has 0 unspecified atom stereocenters. The van der Waals surface area contributed by atoms with E-state index in [-0.39, 0.29) is 30.6 Å². The summed E-state index contributed by atoms with van der Waals surface area (Å²) in [6, 6.07) is 20.5. The van der Waals surface area contributed by atoms with Gasteiger partial charge >= 0.3 is 0 Å². The maximum Gasteiger partial charge on any atom is 0.242 e. The maximum atomic E-state index is 13.9. The molecule has 1 aliphatic heterocycles. The Bertz CT molecular complexity index is 1060. The zero-order valence-electron chi connectivity index (χ0n) is 16.7. The van der Waals surface area contributed by atoms with Crippen molar-refractivity contribution in [3.8, 4) is 0 Å². The summed E-state index contributed by atoms with van der Waals surface area (Å²) in [5.74, 6) is -0.544. The Labute approximate surface area is 175 Å². The van der Waals surface area contributed by atoms with Crippen molar-refractivity contribution >= 4 is 28.3 Å². The second-order valence-corrected chi connectivity index (χ2v) is 7.41. The molecule has 1 N–H and O–H groups in total. The normalized spacial score (nSPS) is 14.0. The molecule has 6 heteroatoms. The quantitative estimate of drug-likeness (QED) is 0.710. The zero-order chi connectivity index (χ0) is 20.9. The van der Waals surface area contributed by atoms with Gasteiger partial charge in [0.2, 0.25) is 11.8 Å². The second-order valence-electron chi connectivity index (χ2n) is 7.41. The van der Waals surface area contributed by atoms with Gasteiger partial charge in [0.05, 0.1) is 18.7 Å². The first-order valence-corrected chi connectivity index (χ1v) is 10.1. The number of benzene rings is 3. The van der Waals surface area contributed by atoms with E-state index in [2.05, 4.69) is 5.32 Å². The molecule has 0 radical (unpaired) electrons. The number of amides is 2. The summed E-state index contributed by atoms with van der Waals surface area (Å²) in [6.07, 6.45) is 0.232. The van der Waals surface area contributed by atoms with Crippen LogP contribution >= 0.6 is 0 Å². The van der Waals surface area contributed by atoms with Crippen molar-refractivity contribution in [1.82, 2.24) is 10.2 Å². The third-order valence-electron chi connectivity index (χ3n) is 5.49. The fourth-order valence-corrected chi connectivity index (χ4v) is 3.87. The van der Waals surface area contributed by atoms with Crippen molar-refractivity contribution in [2.75, 3.05) is 37.6 Å². The number of carbonyl (C=O) groups is 2. The molecule has 0 aromatic heterocycles. The number of para-hydroxylation sites is 1. The van der Waals surface area contributed by atoms with Crippen LogP contribution in [0.2, 0.25) is 0 Å². The number of hydrogen-bond donors (Lipinski definition) is 1. The van der Waals surface area contributed by atoms with Crippen molar-refractivity contribution < 1.29 is 14.0 Å². The molecule has 0 saturated carbocycles. The molecule has 3 aromatic carbocycles. The summed E-state index contributed by atoms with van der Waals surface area (Å²) < 4.78 is 13.9. The third kappa shape index (κ3) is 4.43. The summed E-state index contributed by atoms with van der Waals surface area (Å²) in [5, 5.41) is 4.88. The number of anilines is 1. The van der Waals surface area contributed by atoms with E-state index in [0.717, 1.165) is 16.3 Å². The van der Waals surface area contributed by atoms with Crippen LogP contribution < -0.4 is 10.2 Å². The number of nitrogens with zero attached hydrogens (tertiary/aromatic N) is 2. The number of piperazine rings is 1. The first kappa shape index (κ1) is 19.9. The Morgan fingerprint density at radius 2 is 1.57 bits per heavy atom. The lowest BCUT2D eigenvalue weighted by atomic mass is 10.0. The minimum Gasteiger partial charge on any atom is -0.366 e. The summed E-state index contributed by atoms with van der Waals surface area (Å²) in [7, 11) is 0. The lowest BCUT2D eigenvalue weighted by molar-refractivity contribution is -0.133. The van der Waals surface area contributed by atoms with Crippen molar-refractivity contribution in [2.24, 2.45) is 0 Å². The highest BCUT2D eigenvalue weighted by molar-refractivity contribution is 5.91. The highest BCUT2D eigenvalue weighted by Crippen LogP contribution is 2.20. The molecule has 1 saturated heterocycles. The summed E-state index contributed by atoms with van der Waals surface area (Å²) in [4.78, 5) is 28.5. The predicted molar refractivity (Wildman–Crippen MR) is 116 cm³/mol. The maximum absolute atomic E-state index is 13.9. The molecule has 1 fully saturated rings. The first-order valence-electron chi connectivity index (χ1n) is 10.1. The average molecular weight is 405 g/mol. The fourth-order valence-electron chi connectivity index (χ4n) is 3.87. The van der Waals surface area contributed by atoms with Gasteiger partial charge in [-0.05, 0) is 28.5 Å². The smallest absolute Gasteiger partial charge is 0.242 e. The Morgan fingerprint density at radius 1 is 0.867 bits per heavy atom. The number of hydrogen-bond acceptors (Lipinski definition) is 3. The summed E-state index contributed by atoms with van der Waals surface area (Å²) in [6.45, 7) is 2.12. The van der Waals surface area contributed by atoms with Gasteiger partial charge in [-0.1, -0.05) is 54.6 Å². The molecule has 4 rings (SSSR count). The predicted octanol–water partition coefficient (Wildman–Crippen LogP) is 2.99. The number of carbonyl (C=O) groups excluding carboxylic acids is 2. The van der Waals surface area contributed by atoms with Crippen LogP contribution in [0.1, 0.15) is 5.56 Å². The van der Waals surface area contributed by atoms with Gasteiger partial charge in [0.1, 0.15) is 5.82 Å².